The van der Waals surface area contributed by atoms with Crippen LogP contribution in [0.25, 0.3) is 5.69 Å². The third-order valence-electron chi connectivity index (χ3n) is 4.39. The fraction of sp³-hybridized carbons (Fsp3) is 0.150. The number of carbonyl (C=O) groups excluding carboxylic acids is 1. The molecule has 0 aliphatic rings. The van der Waals surface area contributed by atoms with Crippen LogP contribution in [0, 0.1) is 28.7 Å². The van der Waals surface area contributed by atoms with Crippen LogP contribution in [0.1, 0.15) is 23.1 Å². The highest BCUT2D eigenvalue weighted by Gasteiger charge is 2.24. The Balaban J connectivity index is 2.13. The summed E-state index contributed by atoms with van der Waals surface area (Å²) < 4.78 is 28.0. The molecular formula is C20H16F2N4O4. The van der Waals surface area contributed by atoms with E-state index >= 15 is 0 Å². The molecule has 154 valence electrons. The summed E-state index contributed by atoms with van der Waals surface area (Å²) in [5.74, 6) is -3.07. The van der Waals surface area contributed by atoms with Crippen molar-refractivity contribution in [1.29, 1.82) is 0 Å². The number of aryl methyl sites for hydroxylation is 1. The summed E-state index contributed by atoms with van der Waals surface area (Å²) in [5, 5.41) is 15.4. The minimum absolute atomic E-state index is 0.0421. The van der Waals surface area contributed by atoms with Crippen molar-refractivity contribution in [3.63, 3.8) is 0 Å². The van der Waals surface area contributed by atoms with Gasteiger partial charge in [0, 0.05) is 36.1 Å². The van der Waals surface area contributed by atoms with Gasteiger partial charge < -0.3 is 4.90 Å². The van der Waals surface area contributed by atoms with Gasteiger partial charge >= 0.3 is 0 Å². The molecule has 3 aromatic rings. The van der Waals surface area contributed by atoms with E-state index in [9.17, 15) is 28.5 Å². The summed E-state index contributed by atoms with van der Waals surface area (Å²) in [6, 6.07) is 9.79. The van der Waals surface area contributed by atoms with Crippen molar-refractivity contribution in [2.24, 2.45) is 0 Å². The molecule has 0 saturated heterocycles. The van der Waals surface area contributed by atoms with Gasteiger partial charge in [0.2, 0.25) is 5.43 Å². The second-order valence-electron chi connectivity index (χ2n) is 6.30. The molecule has 0 spiro atoms. The third kappa shape index (κ3) is 3.79. The van der Waals surface area contributed by atoms with Gasteiger partial charge in [-0.25, -0.2) is 13.5 Å². The zero-order valence-corrected chi connectivity index (χ0v) is 16.0. The lowest BCUT2D eigenvalue weighted by Gasteiger charge is -2.21. The lowest BCUT2D eigenvalue weighted by Crippen LogP contribution is -2.36. The Bertz CT molecular complexity index is 1210. The first-order valence-corrected chi connectivity index (χ1v) is 8.86. The van der Waals surface area contributed by atoms with Gasteiger partial charge in [-0.1, -0.05) is 12.1 Å². The Morgan fingerprint density at radius 1 is 1.17 bits per heavy atom. The number of benzene rings is 2. The molecule has 0 aliphatic heterocycles. The number of nitrogens with zero attached hydrogens (tertiary/aromatic N) is 4. The number of anilines is 1. The topological polar surface area (TPSA) is 98.3 Å². The van der Waals surface area contributed by atoms with E-state index in [1.165, 1.54) is 31.2 Å². The number of para-hydroxylation sites is 2. The maximum atomic E-state index is 13.6. The monoisotopic (exact) mass is 414 g/mol. The van der Waals surface area contributed by atoms with E-state index in [1.807, 2.05) is 0 Å². The number of halogens is 2. The van der Waals surface area contributed by atoms with Crippen molar-refractivity contribution in [3.05, 3.63) is 91.9 Å². The van der Waals surface area contributed by atoms with Crippen molar-refractivity contribution in [2.45, 2.75) is 13.8 Å². The Hall–Kier alpha value is -3.95. The second-order valence-corrected chi connectivity index (χ2v) is 6.30. The van der Waals surface area contributed by atoms with Gasteiger partial charge in [-0.05, 0) is 32.0 Å². The summed E-state index contributed by atoms with van der Waals surface area (Å²) in [4.78, 5) is 37.3. The molecule has 1 heterocycles. The number of nitro groups is 1. The number of hydrogen-bond acceptors (Lipinski definition) is 5. The quantitative estimate of drug-likeness (QED) is 0.471. The number of nitro benzene ring substituents is 1. The highest BCUT2D eigenvalue weighted by molar-refractivity contribution is 6.04. The van der Waals surface area contributed by atoms with Crippen molar-refractivity contribution in [3.8, 4) is 5.69 Å². The molecule has 8 nitrogen and oxygen atoms in total. The Kier molecular flexibility index (Phi) is 5.67. The van der Waals surface area contributed by atoms with E-state index in [1.54, 1.807) is 13.0 Å². The summed E-state index contributed by atoms with van der Waals surface area (Å²) in [6.45, 7) is 3.16. The van der Waals surface area contributed by atoms with Crippen LogP contribution in [-0.2, 0) is 0 Å². The first kappa shape index (κ1) is 20.8. The molecule has 3 rings (SSSR count). The van der Waals surface area contributed by atoms with E-state index < -0.39 is 33.6 Å². The van der Waals surface area contributed by atoms with E-state index in [0.29, 0.717) is 0 Å². The van der Waals surface area contributed by atoms with Crippen LogP contribution in [0.15, 0.2) is 53.3 Å². The van der Waals surface area contributed by atoms with E-state index in [4.69, 9.17) is 0 Å². The van der Waals surface area contributed by atoms with E-state index in [0.717, 1.165) is 27.8 Å². The van der Waals surface area contributed by atoms with Gasteiger partial charge in [0.15, 0.2) is 17.3 Å². The van der Waals surface area contributed by atoms with Crippen LogP contribution in [0.3, 0.4) is 0 Å². The molecule has 2 aromatic carbocycles. The Labute approximate surface area is 169 Å². The third-order valence-corrected chi connectivity index (χ3v) is 4.39. The summed E-state index contributed by atoms with van der Waals surface area (Å²) in [7, 11) is 0. The zero-order chi connectivity index (χ0) is 22.0. The largest absolute Gasteiger partial charge is 0.307 e. The normalized spacial score (nSPS) is 10.7. The Morgan fingerprint density at radius 2 is 1.87 bits per heavy atom. The molecule has 0 N–H and O–H groups in total. The molecule has 0 bridgehead atoms. The molecule has 0 aliphatic carbocycles. The summed E-state index contributed by atoms with van der Waals surface area (Å²) >= 11 is 0. The lowest BCUT2D eigenvalue weighted by molar-refractivity contribution is -0.384. The number of hydrogen-bond donors (Lipinski definition) is 0. The van der Waals surface area contributed by atoms with E-state index in [-0.39, 0.29) is 29.3 Å². The SMILES string of the molecule is CCN(C(=O)c1nn(-c2ccccc2[N+](=O)[O-])c(C)cc1=O)c1ccc(F)c(F)c1. The summed E-state index contributed by atoms with van der Waals surface area (Å²) in [5.41, 5.74) is -1.08. The average molecular weight is 414 g/mol. The van der Waals surface area contributed by atoms with E-state index in [2.05, 4.69) is 5.10 Å². The number of carbonyl (C=O) groups is 1. The molecule has 1 aromatic heterocycles. The number of aromatic nitrogens is 2. The molecular weight excluding hydrogens is 398 g/mol. The van der Waals surface area contributed by atoms with Crippen LogP contribution < -0.4 is 10.3 Å². The molecule has 0 fully saturated rings. The minimum Gasteiger partial charge on any atom is -0.307 e. The Morgan fingerprint density at radius 3 is 2.50 bits per heavy atom. The molecule has 10 heteroatoms. The molecule has 0 saturated carbocycles. The van der Waals surface area contributed by atoms with Crippen molar-refractivity contribution >= 4 is 17.3 Å². The predicted octanol–water partition coefficient (Wildman–Crippen LogP) is 3.39. The smallest absolute Gasteiger partial charge is 0.294 e. The molecule has 1 amide bonds. The van der Waals surface area contributed by atoms with Crippen LogP contribution in [-0.4, -0.2) is 27.2 Å². The van der Waals surface area contributed by atoms with Crippen molar-refractivity contribution in [2.75, 3.05) is 11.4 Å². The van der Waals surface area contributed by atoms with Crippen LogP contribution in [0.4, 0.5) is 20.2 Å². The maximum Gasteiger partial charge on any atom is 0.294 e. The maximum absolute atomic E-state index is 13.6. The lowest BCUT2D eigenvalue weighted by atomic mass is 10.2. The van der Waals surface area contributed by atoms with Crippen molar-refractivity contribution in [1.82, 2.24) is 9.78 Å². The van der Waals surface area contributed by atoms with Gasteiger partial charge in [-0.2, -0.15) is 5.10 Å². The fourth-order valence-corrected chi connectivity index (χ4v) is 2.96. The number of amides is 1. The molecule has 30 heavy (non-hydrogen) atoms. The molecule has 0 radical (unpaired) electrons. The zero-order valence-electron chi connectivity index (χ0n) is 16.0. The van der Waals surface area contributed by atoms with Crippen LogP contribution in [0.2, 0.25) is 0 Å². The fourth-order valence-electron chi connectivity index (χ4n) is 2.96. The predicted molar refractivity (Wildman–Crippen MR) is 105 cm³/mol. The number of rotatable bonds is 5. The highest BCUT2D eigenvalue weighted by atomic mass is 19.2. The van der Waals surface area contributed by atoms with Gasteiger partial charge in [-0.3, -0.25) is 19.7 Å². The van der Waals surface area contributed by atoms with Gasteiger partial charge in [0.1, 0.15) is 5.69 Å². The summed E-state index contributed by atoms with van der Waals surface area (Å²) in [6.07, 6.45) is 0. The average Bonchev–Trinajstić information content (AvgIpc) is 2.71. The van der Waals surface area contributed by atoms with Crippen LogP contribution in [0.5, 0.6) is 0 Å². The van der Waals surface area contributed by atoms with Crippen LogP contribution >= 0.6 is 0 Å². The van der Waals surface area contributed by atoms with Gasteiger partial charge in [-0.15, -0.1) is 0 Å². The standard InChI is InChI=1S/C20H16F2N4O4/c1-3-24(13-8-9-14(21)15(22)11-13)20(28)19-18(27)10-12(2)25(23-19)16-6-4-5-7-17(16)26(29)30/h4-11H,3H2,1-2H3. The minimum atomic E-state index is -1.15. The highest BCUT2D eigenvalue weighted by Crippen LogP contribution is 2.23. The first-order chi connectivity index (χ1) is 14.2. The molecule has 0 atom stereocenters. The van der Waals surface area contributed by atoms with Crippen molar-refractivity contribution < 1.29 is 18.5 Å². The first-order valence-electron chi connectivity index (χ1n) is 8.86. The van der Waals surface area contributed by atoms with Gasteiger partial charge in [0.25, 0.3) is 11.6 Å². The van der Waals surface area contributed by atoms with Gasteiger partial charge in [0.05, 0.1) is 4.92 Å². The molecule has 0 unspecified atom stereocenters. The second kappa shape index (κ2) is 8.19.